The second-order valence-electron chi connectivity index (χ2n) is 13.1. The van der Waals surface area contributed by atoms with Gasteiger partial charge in [0.05, 0.1) is 13.2 Å². The molecule has 1 atom stereocenters. The predicted molar refractivity (Wildman–Crippen MR) is 182 cm³/mol. The largest absolute Gasteiger partial charge is 0.508 e. The molecular weight excluding hydrogens is 538 g/mol. The minimum absolute atomic E-state index is 0.130. The van der Waals surface area contributed by atoms with Gasteiger partial charge in [-0.25, -0.2) is 4.79 Å². The maximum absolute atomic E-state index is 12.6. The van der Waals surface area contributed by atoms with Gasteiger partial charge in [-0.1, -0.05) is 149 Å². The highest BCUT2D eigenvalue weighted by molar-refractivity contribution is 5.69. The Labute approximate surface area is 267 Å². The lowest BCUT2D eigenvalue weighted by atomic mass is 9.88. The molecule has 0 aliphatic carbocycles. The van der Waals surface area contributed by atoms with Crippen LogP contribution in [0.2, 0.25) is 0 Å². The van der Waals surface area contributed by atoms with Crippen molar-refractivity contribution >= 4 is 12.1 Å². The van der Waals surface area contributed by atoms with Crippen molar-refractivity contribution < 1.29 is 23.8 Å². The highest BCUT2D eigenvalue weighted by Crippen LogP contribution is 2.26. The molecule has 0 bridgehead atoms. The van der Waals surface area contributed by atoms with E-state index in [4.69, 9.17) is 14.2 Å². The van der Waals surface area contributed by atoms with Gasteiger partial charge in [0.2, 0.25) is 0 Å². The molecule has 6 nitrogen and oxygen atoms in total. The highest BCUT2D eigenvalue weighted by Gasteiger charge is 2.22. The van der Waals surface area contributed by atoms with Gasteiger partial charge in [0.1, 0.15) is 6.10 Å². The van der Waals surface area contributed by atoms with Crippen molar-refractivity contribution in [1.82, 2.24) is 4.90 Å². The lowest BCUT2D eigenvalue weighted by molar-refractivity contribution is -0.144. The number of hydrogen-bond donors (Lipinski definition) is 0. The van der Waals surface area contributed by atoms with E-state index in [0.29, 0.717) is 32.0 Å². The van der Waals surface area contributed by atoms with Crippen molar-refractivity contribution in [3.63, 3.8) is 0 Å². The van der Waals surface area contributed by atoms with E-state index < -0.39 is 6.16 Å². The van der Waals surface area contributed by atoms with Crippen LogP contribution in [0.5, 0.6) is 0 Å². The Balaban J connectivity index is 4.89. The van der Waals surface area contributed by atoms with Crippen molar-refractivity contribution in [2.75, 3.05) is 33.9 Å². The summed E-state index contributed by atoms with van der Waals surface area (Å²) in [5.41, 5.74) is 0. The molecule has 0 unspecified atom stereocenters. The van der Waals surface area contributed by atoms with Crippen molar-refractivity contribution in [2.24, 2.45) is 5.92 Å². The van der Waals surface area contributed by atoms with Gasteiger partial charge >= 0.3 is 12.1 Å². The molecule has 0 aromatic rings. The van der Waals surface area contributed by atoms with Gasteiger partial charge < -0.3 is 19.1 Å². The van der Waals surface area contributed by atoms with E-state index in [1.54, 1.807) is 0 Å². The smallest absolute Gasteiger partial charge is 0.466 e. The summed E-state index contributed by atoms with van der Waals surface area (Å²) < 4.78 is 16.9. The standard InChI is InChI=1S/C37H73NO5/c1-6-9-12-15-18-21-24-28-36(39)41-32-29-35(43-37(40)42-31-25-30-38(4)5)33-34(26-22-19-16-13-10-7-2)27-23-20-17-14-11-8-3/h34-35H,6-33H2,1-5H3/t35-/m1/s1. The van der Waals surface area contributed by atoms with Gasteiger partial charge in [-0.2, -0.15) is 0 Å². The molecule has 0 aromatic heterocycles. The summed E-state index contributed by atoms with van der Waals surface area (Å²) in [6.45, 7) is 8.27. The minimum Gasteiger partial charge on any atom is -0.466 e. The van der Waals surface area contributed by atoms with Crippen LogP contribution in [0.25, 0.3) is 0 Å². The van der Waals surface area contributed by atoms with Gasteiger partial charge in [-0.15, -0.1) is 0 Å². The molecule has 256 valence electrons. The monoisotopic (exact) mass is 612 g/mol. The third-order valence-electron chi connectivity index (χ3n) is 8.45. The predicted octanol–water partition coefficient (Wildman–Crippen LogP) is 11.0. The van der Waals surface area contributed by atoms with Crippen LogP contribution in [-0.2, 0) is 19.0 Å². The Morgan fingerprint density at radius 1 is 0.558 bits per heavy atom. The molecule has 0 heterocycles. The molecule has 0 fully saturated rings. The van der Waals surface area contributed by atoms with Gasteiger partial charge in [0, 0.05) is 19.4 Å². The van der Waals surface area contributed by atoms with Crippen molar-refractivity contribution in [2.45, 2.75) is 187 Å². The van der Waals surface area contributed by atoms with E-state index in [1.165, 1.54) is 122 Å². The van der Waals surface area contributed by atoms with Crippen LogP contribution >= 0.6 is 0 Å². The zero-order valence-electron chi connectivity index (χ0n) is 29.4. The van der Waals surface area contributed by atoms with Crippen LogP contribution in [0.15, 0.2) is 0 Å². The third-order valence-corrected chi connectivity index (χ3v) is 8.45. The van der Waals surface area contributed by atoms with Gasteiger partial charge in [-0.3, -0.25) is 4.79 Å². The van der Waals surface area contributed by atoms with E-state index in [1.807, 2.05) is 14.1 Å². The zero-order valence-corrected chi connectivity index (χ0v) is 29.4. The first-order valence-electron chi connectivity index (χ1n) is 18.6. The second-order valence-corrected chi connectivity index (χ2v) is 13.1. The average molecular weight is 612 g/mol. The van der Waals surface area contributed by atoms with Crippen LogP contribution in [0.4, 0.5) is 4.79 Å². The molecule has 43 heavy (non-hydrogen) atoms. The number of unbranched alkanes of at least 4 members (excludes halogenated alkanes) is 16. The number of carbonyl (C=O) groups excluding carboxylic acids is 2. The summed E-state index contributed by atoms with van der Waals surface area (Å²) in [5, 5.41) is 0. The number of nitrogens with zero attached hydrogens (tertiary/aromatic N) is 1. The Kier molecular flexibility index (Phi) is 31.1. The van der Waals surface area contributed by atoms with Crippen LogP contribution < -0.4 is 0 Å². The molecule has 0 aliphatic rings. The molecule has 0 amide bonds. The van der Waals surface area contributed by atoms with Crippen LogP contribution in [-0.4, -0.2) is 57.0 Å². The SMILES string of the molecule is CCCCCCCCCC(=O)OCC[C@H](CC(CCCCCCCC)CCCCCCCC)OC(=O)OCCCN(C)C. The normalized spacial score (nSPS) is 12.2. The molecule has 0 aliphatic heterocycles. The first-order chi connectivity index (χ1) is 20.9. The Morgan fingerprint density at radius 2 is 1.05 bits per heavy atom. The zero-order chi connectivity index (χ0) is 31.8. The summed E-state index contributed by atoms with van der Waals surface area (Å²) in [7, 11) is 4.02. The van der Waals surface area contributed by atoms with E-state index >= 15 is 0 Å². The second kappa shape index (κ2) is 32.1. The minimum atomic E-state index is -0.587. The summed E-state index contributed by atoms with van der Waals surface area (Å²) in [4.78, 5) is 27.1. The van der Waals surface area contributed by atoms with E-state index in [9.17, 15) is 9.59 Å². The highest BCUT2D eigenvalue weighted by atomic mass is 16.7. The molecule has 0 N–H and O–H groups in total. The number of ether oxygens (including phenoxy) is 3. The van der Waals surface area contributed by atoms with Crippen molar-refractivity contribution in [3.05, 3.63) is 0 Å². The molecule has 0 spiro atoms. The van der Waals surface area contributed by atoms with Gasteiger partial charge in [-0.05, 0) is 39.3 Å². The maximum atomic E-state index is 12.6. The van der Waals surface area contributed by atoms with E-state index in [0.717, 1.165) is 32.2 Å². The van der Waals surface area contributed by atoms with Crippen LogP contribution in [0.3, 0.4) is 0 Å². The summed E-state index contributed by atoms with van der Waals surface area (Å²) in [5.74, 6) is 0.390. The Hall–Kier alpha value is -1.30. The summed E-state index contributed by atoms with van der Waals surface area (Å²) in [6, 6.07) is 0. The lowest BCUT2D eigenvalue weighted by Crippen LogP contribution is -2.25. The quantitative estimate of drug-likeness (QED) is 0.0557. The first kappa shape index (κ1) is 41.7. The number of rotatable bonds is 32. The van der Waals surface area contributed by atoms with E-state index in [2.05, 4.69) is 25.7 Å². The van der Waals surface area contributed by atoms with E-state index in [-0.39, 0.29) is 12.1 Å². The molecular formula is C37H73NO5. The summed E-state index contributed by atoms with van der Waals surface area (Å²) >= 11 is 0. The van der Waals surface area contributed by atoms with Gasteiger partial charge in [0.15, 0.2) is 0 Å². The fraction of sp³-hybridized carbons (Fsp3) is 0.946. The maximum Gasteiger partial charge on any atom is 0.508 e. The fourth-order valence-corrected chi connectivity index (χ4v) is 5.71. The average Bonchev–Trinajstić information content (AvgIpc) is 2.98. The fourth-order valence-electron chi connectivity index (χ4n) is 5.71. The molecule has 6 heteroatoms. The number of hydrogen-bond acceptors (Lipinski definition) is 6. The lowest BCUT2D eigenvalue weighted by Gasteiger charge is -2.24. The first-order valence-corrected chi connectivity index (χ1v) is 18.6. The Morgan fingerprint density at radius 3 is 1.56 bits per heavy atom. The van der Waals surface area contributed by atoms with Gasteiger partial charge in [0.25, 0.3) is 0 Å². The topological polar surface area (TPSA) is 65.1 Å². The Bertz CT molecular complexity index is 596. The molecule has 0 saturated carbocycles. The molecule has 0 saturated heterocycles. The third kappa shape index (κ3) is 30.5. The van der Waals surface area contributed by atoms with Crippen LogP contribution in [0.1, 0.15) is 181 Å². The van der Waals surface area contributed by atoms with Crippen molar-refractivity contribution in [1.29, 1.82) is 0 Å². The van der Waals surface area contributed by atoms with Crippen LogP contribution in [0, 0.1) is 5.92 Å². The molecule has 0 radical (unpaired) electrons. The summed E-state index contributed by atoms with van der Waals surface area (Å²) in [6.07, 6.45) is 27.9. The van der Waals surface area contributed by atoms with Crippen molar-refractivity contribution in [3.8, 4) is 0 Å². The molecule has 0 aromatic carbocycles. The molecule has 0 rings (SSSR count). The number of carbonyl (C=O) groups is 2. The number of esters is 1.